The van der Waals surface area contributed by atoms with Crippen molar-refractivity contribution in [3.8, 4) is 0 Å². The Morgan fingerprint density at radius 2 is 1.92 bits per heavy atom. The van der Waals surface area contributed by atoms with E-state index >= 15 is 0 Å². The molecule has 2 unspecified atom stereocenters. The van der Waals surface area contributed by atoms with E-state index in [1.54, 1.807) is 7.11 Å². The van der Waals surface area contributed by atoms with Crippen molar-refractivity contribution in [2.45, 2.75) is 44.5 Å². The van der Waals surface area contributed by atoms with Crippen LogP contribution in [0.3, 0.4) is 0 Å². The van der Waals surface area contributed by atoms with Gasteiger partial charge in [-0.25, -0.2) is 0 Å². The maximum atomic E-state index is 10.0. The van der Waals surface area contributed by atoms with Crippen LogP contribution in [0.5, 0.6) is 0 Å². The molecule has 1 heterocycles. The summed E-state index contributed by atoms with van der Waals surface area (Å²) in [4.78, 5) is 0. The Morgan fingerprint density at radius 3 is 2.33 bits per heavy atom. The van der Waals surface area contributed by atoms with E-state index in [0.717, 1.165) is 0 Å². The van der Waals surface area contributed by atoms with Crippen LogP contribution in [0.2, 0.25) is 0 Å². The third-order valence-electron chi connectivity index (χ3n) is 2.21. The zero-order valence-corrected chi connectivity index (χ0v) is 8.04. The monoisotopic (exact) mass is 174 g/mol. The number of rotatable bonds is 2. The third-order valence-corrected chi connectivity index (χ3v) is 2.21. The number of hydrogen-bond acceptors (Lipinski definition) is 3. The van der Waals surface area contributed by atoms with E-state index in [1.807, 2.05) is 13.8 Å². The van der Waals surface area contributed by atoms with Crippen LogP contribution in [0.15, 0.2) is 0 Å². The second-order valence-electron chi connectivity index (χ2n) is 3.82. The summed E-state index contributed by atoms with van der Waals surface area (Å²) in [6.07, 6.45) is 1.61. The van der Waals surface area contributed by atoms with Gasteiger partial charge >= 0.3 is 0 Å². The lowest BCUT2D eigenvalue weighted by molar-refractivity contribution is -0.152. The van der Waals surface area contributed by atoms with Crippen molar-refractivity contribution in [2.24, 2.45) is 0 Å². The van der Waals surface area contributed by atoms with Crippen molar-refractivity contribution < 1.29 is 14.6 Å². The molecule has 0 aromatic carbocycles. The zero-order valence-electron chi connectivity index (χ0n) is 8.04. The number of aliphatic hydroxyl groups is 1. The first-order chi connectivity index (χ1) is 5.56. The zero-order chi connectivity index (χ0) is 9.19. The molecule has 0 bridgehead atoms. The average molecular weight is 174 g/mol. The summed E-state index contributed by atoms with van der Waals surface area (Å²) in [7, 11) is 1.61. The van der Waals surface area contributed by atoms with Crippen molar-refractivity contribution in [2.75, 3.05) is 13.7 Å². The van der Waals surface area contributed by atoms with Crippen LogP contribution >= 0.6 is 0 Å². The molecule has 0 aromatic heterocycles. The SMILES string of the molecule is COCC1(O)CC(C)OC(C)C1. The molecule has 3 heteroatoms. The van der Waals surface area contributed by atoms with Gasteiger partial charge in [0, 0.05) is 20.0 Å². The van der Waals surface area contributed by atoms with Gasteiger partial charge in [-0.2, -0.15) is 0 Å². The Balaban J connectivity index is 2.52. The minimum Gasteiger partial charge on any atom is -0.387 e. The standard InChI is InChI=1S/C9H18O3/c1-7-4-9(10,6-11-3)5-8(2)12-7/h7-8,10H,4-6H2,1-3H3. The topological polar surface area (TPSA) is 38.7 Å². The Bertz CT molecular complexity index is 137. The highest BCUT2D eigenvalue weighted by Gasteiger charge is 2.36. The number of hydrogen-bond donors (Lipinski definition) is 1. The smallest absolute Gasteiger partial charge is 0.0929 e. The van der Waals surface area contributed by atoms with Crippen LogP contribution in [0.4, 0.5) is 0 Å². The number of ether oxygens (including phenoxy) is 2. The fourth-order valence-electron chi connectivity index (χ4n) is 2.03. The molecular formula is C9H18O3. The van der Waals surface area contributed by atoms with E-state index in [9.17, 15) is 5.11 Å². The second-order valence-corrected chi connectivity index (χ2v) is 3.82. The molecule has 3 nitrogen and oxygen atoms in total. The van der Waals surface area contributed by atoms with E-state index in [-0.39, 0.29) is 12.2 Å². The molecule has 12 heavy (non-hydrogen) atoms. The van der Waals surface area contributed by atoms with Crippen molar-refractivity contribution in [1.29, 1.82) is 0 Å². The first-order valence-corrected chi connectivity index (χ1v) is 4.42. The summed E-state index contributed by atoms with van der Waals surface area (Å²) >= 11 is 0. The van der Waals surface area contributed by atoms with Gasteiger partial charge < -0.3 is 14.6 Å². The van der Waals surface area contributed by atoms with Gasteiger partial charge in [-0.05, 0) is 13.8 Å². The minimum absolute atomic E-state index is 0.133. The van der Waals surface area contributed by atoms with Gasteiger partial charge in [0.1, 0.15) is 0 Å². The molecule has 0 radical (unpaired) electrons. The maximum absolute atomic E-state index is 10.0. The fourth-order valence-corrected chi connectivity index (χ4v) is 2.03. The maximum Gasteiger partial charge on any atom is 0.0929 e. The van der Waals surface area contributed by atoms with Crippen LogP contribution in [0.1, 0.15) is 26.7 Å². The Hall–Kier alpha value is -0.120. The van der Waals surface area contributed by atoms with E-state index < -0.39 is 5.60 Å². The van der Waals surface area contributed by atoms with Crippen LogP contribution in [0.25, 0.3) is 0 Å². The Labute approximate surface area is 73.7 Å². The third kappa shape index (κ3) is 2.44. The predicted molar refractivity (Wildman–Crippen MR) is 46.1 cm³/mol. The van der Waals surface area contributed by atoms with Gasteiger partial charge in [0.15, 0.2) is 0 Å². The van der Waals surface area contributed by atoms with Crippen molar-refractivity contribution >= 4 is 0 Å². The highest BCUT2D eigenvalue weighted by molar-refractivity contribution is 4.87. The van der Waals surface area contributed by atoms with Gasteiger partial charge in [0.25, 0.3) is 0 Å². The normalized spacial score (nSPS) is 43.0. The lowest BCUT2D eigenvalue weighted by Gasteiger charge is -2.38. The van der Waals surface area contributed by atoms with E-state index in [0.29, 0.717) is 19.4 Å². The molecule has 2 atom stereocenters. The Kier molecular flexibility index (Phi) is 3.09. The molecule has 0 amide bonds. The van der Waals surface area contributed by atoms with Gasteiger partial charge in [0.05, 0.1) is 24.4 Å². The largest absolute Gasteiger partial charge is 0.387 e. The summed E-state index contributed by atoms with van der Waals surface area (Å²) in [6.45, 7) is 4.37. The molecule has 72 valence electrons. The van der Waals surface area contributed by atoms with Gasteiger partial charge in [0.2, 0.25) is 0 Å². The fraction of sp³-hybridized carbons (Fsp3) is 1.00. The summed E-state index contributed by atoms with van der Waals surface area (Å²) in [5.41, 5.74) is -0.675. The molecule has 0 spiro atoms. The molecule has 1 aliphatic rings. The predicted octanol–water partition coefficient (Wildman–Crippen LogP) is 0.951. The van der Waals surface area contributed by atoms with Crippen LogP contribution < -0.4 is 0 Å². The van der Waals surface area contributed by atoms with Crippen LogP contribution in [-0.2, 0) is 9.47 Å². The van der Waals surface area contributed by atoms with Gasteiger partial charge in [-0.15, -0.1) is 0 Å². The van der Waals surface area contributed by atoms with Crippen LogP contribution in [0, 0.1) is 0 Å². The van der Waals surface area contributed by atoms with Gasteiger partial charge in [-0.3, -0.25) is 0 Å². The highest BCUT2D eigenvalue weighted by Crippen LogP contribution is 2.28. The van der Waals surface area contributed by atoms with Crippen molar-refractivity contribution in [3.63, 3.8) is 0 Å². The molecule has 1 aliphatic heterocycles. The molecule has 1 saturated heterocycles. The first kappa shape index (κ1) is 9.96. The molecular weight excluding hydrogens is 156 g/mol. The van der Waals surface area contributed by atoms with Gasteiger partial charge in [-0.1, -0.05) is 0 Å². The van der Waals surface area contributed by atoms with Crippen molar-refractivity contribution in [1.82, 2.24) is 0 Å². The molecule has 0 aliphatic carbocycles. The summed E-state index contributed by atoms with van der Waals surface area (Å²) in [6, 6.07) is 0. The van der Waals surface area contributed by atoms with Crippen LogP contribution in [-0.4, -0.2) is 36.6 Å². The minimum atomic E-state index is -0.675. The molecule has 1 fully saturated rings. The lowest BCUT2D eigenvalue weighted by Crippen LogP contribution is -2.46. The van der Waals surface area contributed by atoms with E-state index in [2.05, 4.69) is 0 Å². The lowest BCUT2D eigenvalue weighted by atomic mass is 9.88. The Morgan fingerprint density at radius 1 is 1.42 bits per heavy atom. The highest BCUT2D eigenvalue weighted by atomic mass is 16.5. The van der Waals surface area contributed by atoms with E-state index in [1.165, 1.54) is 0 Å². The number of methoxy groups -OCH3 is 1. The van der Waals surface area contributed by atoms with E-state index in [4.69, 9.17) is 9.47 Å². The first-order valence-electron chi connectivity index (χ1n) is 4.42. The molecule has 0 aromatic rings. The quantitative estimate of drug-likeness (QED) is 0.677. The summed E-state index contributed by atoms with van der Waals surface area (Å²) < 4.78 is 10.5. The molecule has 1 rings (SSSR count). The second kappa shape index (κ2) is 3.73. The summed E-state index contributed by atoms with van der Waals surface area (Å²) in [5, 5.41) is 10.0. The average Bonchev–Trinajstić information content (AvgIpc) is 1.82. The summed E-state index contributed by atoms with van der Waals surface area (Å²) in [5.74, 6) is 0. The molecule has 0 saturated carbocycles. The molecule has 1 N–H and O–H groups in total. The van der Waals surface area contributed by atoms with Crippen molar-refractivity contribution in [3.05, 3.63) is 0 Å².